The van der Waals surface area contributed by atoms with Crippen LogP contribution in [0.15, 0.2) is 28.7 Å². The van der Waals surface area contributed by atoms with Crippen molar-refractivity contribution >= 4 is 33.3 Å². The number of hydrazine groups is 1. The molecule has 0 radical (unpaired) electrons. The molecule has 0 saturated heterocycles. The molecule has 0 atom stereocenters. The maximum atomic E-state index is 9.17. The lowest BCUT2D eigenvalue weighted by atomic mass is 10.2. The zero-order valence-electron chi connectivity index (χ0n) is 11.1. The number of benzene rings is 1. The molecule has 6 nitrogen and oxygen atoms in total. The predicted molar refractivity (Wildman–Crippen MR) is 84.0 cm³/mol. The van der Waals surface area contributed by atoms with E-state index in [9.17, 15) is 5.26 Å². The molecule has 0 aliphatic heterocycles. The normalized spacial score (nSPS) is 13.6. The second-order valence-corrected chi connectivity index (χ2v) is 5.76. The SMILES string of the molecule is N#Cc1ccc(Br)cc1Nc1cc(NN)nc(C2CC2)n1. The van der Waals surface area contributed by atoms with Gasteiger partial charge >= 0.3 is 0 Å². The van der Waals surface area contributed by atoms with Crippen molar-refractivity contribution < 1.29 is 0 Å². The molecule has 0 bridgehead atoms. The van der Waals surface area contributed by atoms with Crippen molar-refractivity contribution in [3.05, 3.63) is 40.1 Å². The van der Waals surface area contributed by atoms with E-state index in [0.29, 0.717) is 28.8 Å². The van der Waals surface area contributed by atoms with Gasteiger partial charge in [0.2, 0.25) is 0 Å². The molecule has 0 unspecified atom stereocenters. The molecule has 4 N–H and O–H groups in total. The molecule has 0 amide bonds. The minimum absolute atomic E-state index is 0.414. The van der Waals surface area contributed by atoms with Crippen molar-refractivity contribution in [3.8, 4) is 6.07 Å². The third-order valence-electron chi connectivity index (χ3n) is 3.20. The maximum absolute atomic E-state index is 9.17. The number of aromatic nitrogens is 2. The largest absolute Gasteiger partial charge is 0.339 e. The first-order valence-electron chi connectivity index (χ1n) is 6.52. The Labute approximate surface area is 130 Å². The highest BCUT2D eigenvalue weighted by Crippen LogP contribution is 2.39. The summed E-state index contributed by atoms with van der Waals surface area (Å²) < 4.78 is 0.887. The van der Waals surface area contributed by atoms with Crippen LogP contribution < -0.4 is 16.6 Å². The minimum Gasteiger partial charge on any atom is -0.339 e. The molecule has 2 aromatic rings. The lowest BCUT2D eigenvalue weighted by Crippen LogP contribution is -2.11. The Morgan fingerprint density at radius 3 is 2.67 bits per heavy atom. The second kappa shape index (κ2) is 5.68. The van der Waals surface area contributed by atoms with Crippen LogP contribution >= 0.6 is 15.9 Å². The molecular weight excluding hydrogens is 332 g/mol. The van der Waals surface area contributed by atoms with E-state index in [1.807, 2.05) is 12.1 Å². The van der Waals surface area contributed by atoms with Gasteiger partial charge in [0, 0.05) is 16.5 Å². The first-order valence-corrected chi connectivity index (χ1v) is 7.31. The summed E-state index contributed by atoms with van der Waals surface area (Å²) in [5.74, 6) is 7.82. The number of nitrogens with two attached hydrogens (primary N) is 1. The number of nitriles is 1. The molecule has 7 heteroatoms. The van der Waals surface area contributed by atoms with E-state index in [1.54, 1.807) is 12.1 Å². The summed E-state index contributed by atoms with van der Waals surface area (Å²) in [5.41, 5.74) is 3.79. The van der Waals surface area contributed by atoms with E-state index in [1.165, 1.54) is 0 Å². The quantitative estimate of drug-likeness (QED) is 0.582. The third kappa shape index (κ3) is 3.12. The molecule has 21 heavy (non-hydrogen) atoms. The number of nitrogens with one attached hydrogen (secondary N) is 2. The fourth-order valence-corrected chi connectivity index (χ4v) is 2.34. The average molecular weight is 345 g/mol. The number of nitrogens with zero attached hydrogens (tertiary/aromatic N) is 3. The van der Waals surface area contributed by atoms with Gasteiger partial charge in [0.15, 0.2) is 0 Å². The van der Waals surface area contributed by atoms with Gasteiger partial charge in [-0.2, -0.15) is 5.26 Å². The van der Waals surface area contributed by atoms with Gasteiger partial charge in [-0.05, 0) is 31.0 Å². The Kier molecular flexibility index (Phi) is 3.73. The molecule has 1 heterocycles. The monoisotopic (exact) mass is 344 g/mol. The first-order chi connectivity index (χ1) is 10.2. The first kappa shape index (κ1) is 13.8. The van der Waals surface area contributed by atoms with Crippen molar-refractivity contribution in [2.75, 3.05) is 10.7 Å². The minimum atomic E-state index is 0.414. The van der Waals surface area contributed by atoms with Crippen molar-refractivity contribution in [2.45, 2.75) is 18.8 Å². The Balaban J connectivity index is 1.96. The number of hydrogen-bond acceptors (Lipinski definition) is 6. The van der Waals surface area contributed by atoms with Gasteiger partial charge in [-0.25, -0.2) is 15.8 Å². The fourth-order valence-electron chi connectivity index (χ4n) is 1.98. The summed E-state index contributed by atoms with van der Waals surface area (Å²) >= 11 is 3.40. The van der Waals surface area contributed by atoms with E-state index in [2.05, 4.69) is 42.7 Å². The topological polar surface area (TPSA) is 99.7 Å². The Morgan fingerprint density at radius 1 is 1.24 bits per heavy atom. The Morgan fingerprint density at radius 2 is 2.00 bits per heavy atom. The molecule has 3 rings (SSSR count). The highest BCUT2D eigenvalue weighted by atomic mass is 79.9. The number of rotatable bonds is 4. The molecular formula is C14H13BrN6. The lowest BCUT2D eigenvalue weighted by Gasteiger charge is -2.11. The van der Waals surface area contributed by atoms with E-state index < -0.39 is 0 Å². The van der Waals surface area contributed by atoms with Crippen LogP contribution in [0.1, 0.15) is 30.1 Å². The Hall–Kier alpha value is -2.17. The molecule has 106 valence electrons. The van der Waals surface area contributed by atoms with Crippen LogP contribution in [0.5, 0.6) is 0 Å². The lowest BCUT2D eigenvalue weighted by molar-refractivity contribution is 0.929. The average Bonchev–Trinajstić information content (AvgIpc) is 3.32. The Bertz CT molecular complexity index is 720. The summed E-state index contributed by atoms with van der Waals surface area (Å²) in [6, 6.07) is 9.28. The molecule has 1 aliphatic rings. The van der Waals surface area contributed by atoms with E-state index in [4.69, 9.17) is 5.84 Å². The molecule has 0 spiro atoms. The summed E-state index contributed by atoms with van der Waals surface area (Å²) in [4.78, 5) is 8.86. The number of nitrogen functional groups attached to an aromatic ring is 1. The zero-order chi connectivity index (χ0) is 14.8. The predicted octanol–water partition coefficient (Wildman–Crippen LogP) is 3.02. The van der Waals surface area contributed by atoms with E-state index in [0.717, 1.165) is 23.1 Å². The molecule has 1 saturated carbocycles. The number of halogens is 1. The van der Waals surface area contributed by atoms with Gasteiger partial charge in [0.25, 0.3) is 0 Å². The molecule has 1 fully saturated rings. The summed E-state index contributed by atoms with van der Waals surface area (Å²) in [5, 5.41) is 12.3. The van der Waals surface area contributed by atoms with E-state index >= 15 is 0 Å². The summed E-state index contributed by atoms with van der Waals surface area (Å²) in [7, 11) is 0. The van der Waals surface area contributed by atoms with Crippen LogP contribution in [-0.2, 0) is 0 Å². The van der Waals surface area contributed by atoms with Crippen molar-refractivity contribution in [2.24, 2.45) is 5.84 Å². The van der Waals surface area contributed by atoms with Crippen LogP contribution in [0.2, 0.25) is 0 Å². The van der Waals surface area contributed by atoms with Gasteiger partial charge < -0.3 is 10.7 Å². The smallest absolute Gasteiger partial charge is 0.145 e. The number of anilines is 3. The third-order valence-corrected chi connectivity index (χ3v) is 3.69. The van der Waals surface area contributed by atoms with Crippen LogP contribution in [0.4, 0.5) is 17.3 Å². The summed E-state index contributed by atoms with van der Waals surface area (Å²) in [6.07, 6.45) is 2.21. The standard InChI is InChI=1S/C14H13BrN6/c15-10-4-3-9(7-16)11(5-10)18-12-6-13(21-17)20-14(19-12)8-1-2-8/h3-6,8H,1-2,17H2,(H2,18,19,20,21). The van der Waals surface area contributed by atoms with Crippen molar-refractivity contribution in [1.82, 2.24) is 9.97 Å². The summed E-state index contributed by atoms with van der Waals surface area (Å²) in [6.45, 7) is 0. The van der Waals surface area contributed by atoms with Crippen molar-refractivity contribution in [3.63, 3.8) is 0 Å². The van der Waals surface area contributed by atoms with Gasteiger partial charge in [-0.15, -0.1) is 0 Å². The van der Waals surface area contributed by atoms with Gasteiger partial charge in [-0.3, -0.25) is 0 Å². The van der Waals surface area contributed by atoms with Crippen LogP contribution in [0, 0.1) is 11.3 Å². The fraction of sp³-hybridized carbons (Fsp3) is 0.214. The molecule has 1 aromatic heterocycles. The highest BCUT2D eigenvalue weighted by Gasteiger charge is 2.27. The zero-order valence-corrected chi connectivity index (χ0v) is 12.7. The van der Waals surface area contributed by atoms with Crippen LogP contribution in [-0.4, -0.2) is 9.97 Å². The second-order valence-electron chi connectivity index (χ2n) is 4.84. The highest BCUT2D eigenvalue weighted by molar-refractivity contribution is 9.10. The van der Waals surface area contributed by atoms with Gasteiger partial charge in [0.05, 0.1) is 11.3 Å². The maximum Gasteiger partial charge on any atom is 0.145 e. The molecule has 1 aromatic carbocycles. The molecule has 1 aliphatic carbocycles. The van der Waals surface area contributed by atoms with Gasteiger partial charge in [0.1, 0.15) is 23.5 Å². The van der Waals surface area contributed by atoms with Crippen LogP contribution in [0.3, 0.4) is 0 Å². The van der Waals surface area contributed by atoms with E-state index in [-0.39, 0.29) is 0 Å². The van der Waals surface area contributed by atoms with Crippen LogP contribution in [0.25, 0.3) is 0 Å². The number of hydrogen-bond donors (Lipinski definition) is 3. The van der Waals surface area contributed by atoms with Gasteiger partial charge in [-0.1, -0.05) is 15.9 Å². The van der Waals surface area contributed by atoms with Crippen molar-refractivity contribution in [1.29, 1.82) is 5.26 Å².